The molecule has 0 bridgehead atoms. The molecule has 0 atom stereocenters. The second-order valence-electron chi connectivity index (χ2n) is 8.04. The molecule has 0 spiro atoms. The minimum Gasteiger partial charge on any atom is -0.594 e. The van der Waals surface area contributed by atoms with Crippen molar-refractivity contribution < 1.29 is 59.5 Å². The third-order valence-corrected chi connectivity index (χ3v) is 6.90. The van der Waals surface area contributed by atoms with E-state index < -0.39 is 120 Å². The molecule has 0 saturated heterocycles. The molecule has 0 fully saturated rings. The Bertz CT molecular complexity index is 2650. The normalized spacial score (nSPS) is 16.3. The molecule has 0 amide bonds. The van der Waals surface area contributed by atoms with E-state index in [0.29, 0.717) is 0 Å². The number of hydrogen-bond donors (Lipinski definition) is 2. The monoisotopic (exact) mass is 694 g/mol. The zero-order chi connectivity index (χ0) is 46.6. The van der Waals surface area contributed by atoms with Crippen molar-refractivity contribution in [3.63, 3.8) is 0 Å². The fraction of sp³-hybridized carbons (Fsp3) is 0.0714. The Morgan fingerprint density at radius 1 is 0.766 bits per heavy atom. The summed E-state index contributed by atoms with van der Waals surface area (Å²) in [5, 5.41) is 22.4. The molecule has 0 unspecified atom stereocenters. The van der Waals surface area contributed by atoms with Crippen LogP contribution in [-0.2, 0) is 20.2 Å². The molecule has 19 heteroatoms. The van der Waals surface area contributed by atoms with Crippen LogP contribution in [0.15, 0.2) is 110 Å². The average Bonchev–Trinajstić information content (AvgIpc) is 3.14. The van der Waals surface area contributed by atoms with E-state index in [2.05, 4.69) is 34.6 Å². The van der Waals surface area contributed by atoms with Crippen molar-refractivity contribution in [2.75, 3.05) is 14.1 Å². The predicted octanol–water partition coefficient (Wildman–Crippen LogP) is 7.86. The van der Waals surface area contributed by atoms with Crippen LogP contribution in [0.4, 0.5) is 22.7 Å². The number of methoxy groups -OCH3 is 2. The van der Waals surface area contributed by atoms with E-state index in [1.165, 1.54) is 36.4 Å². The van der Waals surface area contributed by atoms with Crippen LogP contribution in [0.25, 0.3) is 33.0 Å². The Kier molecular flexibility index (Phi) is 6.83. The number of ether oxygens (including phenoxy) is 2. The highest BCUT2D eigenvalue weighted by molar-refractivity contribution is 7.86. The molecular weight excluding hydrogens is 656 g/mol. The van der Waals surface area contributed by atoms with E-state index >= 15 is 0 Å². The quantitative estimate of drug-likeness (QED) is 0.0310. The first-order valence-corrected chi connectivity index (χ1v) is 14.6. The molecule has 0 aromatic heterocycles. The first-order chi connectivity index (χ1) is 27.9. The predicted molar refractivity (Wildman–Crippen MR) is 170 cm³/mol. The van der Waals surface area contributed by atoms with Gasteiger partial charge in [0.25, 0.3) is 20.2 Å². The Hall–Kier alpha value is -5.94. The van der Waals surface area contributed by atoms with Gasteiger partial charge in [0.2, 0.25) is 5.69 Å². The van der Waals surface area contributed by atoms with Crippen molar-refractivity contribution in [1.82, 2.24) is 0 Å². The van der Waals surface area contributed by atoms with E-state index in [9.17, 15) is 31.1 Å². The number of benzene rings is 4. The van der Waals surface area contributed by atoms with Gasteiger partial charge in [0.15, 0.2) is 0 Å². The summed E-state index contributed by atoms with van der Waals surface area (Å²) in [4.78, 5) is 3.39. The molecule has 0 saturated carbocycles. The molecular formula is C28H24N8O9S2. The van der Waals surface area contributed by atoms with Crippen LogP contribution in [0.2, 0.25) is 0 Å². The summed E-state index contributed by atoms with van der Waals surface area (Å²) in [6.07, 6.45) is 2.33. The highest BCUT2D eigenvalue weighted by Gasteiger charge is 2.17. The molecule has 0 aliphatic carbocycles. The molecule has 47 heavy (non-hydrogen) atoms. The van der Waals surface area contributed by atoms with Gasteiger partial charge < -0.3 is 14.7 Å². The number of azide groups is 2. The number of nitrogens with zero attached hydrogens (tertiary/aromatic N) is 8. The van der Waals surface area contributed by atoms with Crippen LogP contribution >= 0.6 is 0 Å². The molecule has 0 heterocycles. The second-order valence-corrected chi connectivity index (χ2v) is 10.8. The molecule has 4 rings (SSSR count). The smallest absolute Gasteiger partial charge is 0.295 e. The molecule has 0 aliphatic rings. The summed E-state index contributed by atoms with van der Waals surface area (Å²) in [5.41, 5.74) is 14.7. The van der Waals surface area contributed by atoms with Crippen molar-refractivity contribution in [2.24, 2.45) is 15.3 Å². The first kappa shape index (κ1) is 20.2. The van der Waals surface area contributed by atoms with Gasteiger partial charge in [-0.2, -0.15) is 16.8 Å². The molecule has 2 N–H and O–H groups in total. The third-order valence-electron chi connectivity index (χ3n) is 5.08. The number of azo groups is 1. The zero-order valence-corrected chi connectivity index (χ0v) is 24.4. The fourth-order valence-electron chi connectivity index (χ4n) is 3.15. The lowest BCUT2D eigenvalue weighted by Crippen LogP contribution is -2.01. The van der Waals surface area contributed by atoms with Gasteiger partial charge in [0, 0.05) is 38.4 Å². The van der Waals surface area contributed by atoms with E-state index in [4.69, 9.17) is 30.3 Å². The van der Waals surface area contributed by atoms with Crippen LogP contribution in [0.5, 0.6) is 11.5 Å². The zero-order valence-electron chi connectivity index (χ0n) is 36.8. The lowest BCUT2D eigenvalue weighted by Gasteiger charge is -2.06. The Labute approximate surface area is 287 Å². The van der Waals surface area contributed by atoms with Crippen molar-refractivity contribution in [2.45, 2.75) is 9.79 Å². The average molecular weight is 695 g/mol. The number of rotatable bonds is 10. The van der Waals surface area contributed by atoms with Crippen molar-refractivity contribution >= 4 is 55.1 Å². The first-order valence-electron chi connectivity index (χ1n) is 18.7. The fourth-order valence-corrected chi connectivity index (χ4v) is 4.56. The highest BCUT2D eigenvalue weighted by Crippen LogP contribution is 2.28. The Morgan fingerprint density at radius 2 is 1.19 bits per heavy atom. The van der Waals surface area contributed by atoms with Gasteiger partial charge in [-0.3, -0.25) is 9.11 Å². The maximum atomic E-state index is 12.6. The van der Waals surface area contributed by atoms with Gasteiger partial charge in [-0.05, 0) is 70.6 Å². The molecule has 4 aromatic rings. The summed E-state index contributed by atoms with van der Waals surface area (Å²) >= 11 is 0. The van der Waals surface area contributed by atoms with Crippen LogP contribution in [-0.4, -0.2) is 44.9 Å². The third kappa shape index (κ3) is 10.3. The standard InChI is InChI=1S/C14H10N6O6S2.C14H14N2O3/c15-19-17-11-5-3-9(13(7-11)27(21,22)23)1-2-10-4-6-12(18-20-16)8-14(10)28(24,25)26;1-18-13-7-3-11(4-8-13)15-16(17)12-5-9-14(19-2)10-6-12/h1-8H,(H,21,22,23)(H,24,25,26);3-10H,1-2H3/i;1D3,2D3,3D,4D,5D,6D,7D,8D,9D,10D. The van der Waals surface area contributed by atoms with E-state index in [0.717, 1.165) is 12.1 Å². The topological polar surface area (TPSA) is 263 Å². The summed E-state index contributed by atoms with van der Waals surface area (Å²) in [6.45, 7) is 0. The lowest BCUT2D eigenvalue weighted by molar-refractivity contribution is -0.435. The molecule has 17 nitrogen and oxygen atoms in total. The Balaban J connectivity index is 0.000000330. The van der Waals surface area contributed by atoms with Gasteiger partial charge in [-0.25, -0.2) is 0 Å². The Morgan fingerprint density at radius 3 is 1.57 bits per heavy atom. The molecule has 0 aliphatic heterocycles. The maximum absolute atomic E-state index is 12.6. The second kappa shape index (κ2) is 15.9. The van der Waals surface area contributed by atoms with Gasteiger partial charge >= 0.3 is 0 Å². The minimum atomic E-state index is -4.69. The summed E-state index contributed by atoms with van der Waals surface area (Å²) in [6, 6.07) is -1.15. The SMILES string of the molecule is [2H]c1c([2H])c(OC([2H])([2H])[2H])c([2H])c([2H])c1N=[N+]([O-])c1c([2H])c([2H])c(OC([2H])([2H])[2H])c([2H])c1[2H].[N-]=[N+]=Nc1ccc(C=Cc2ccc(N=[N+]=[N-])cc2S(=O)(=O)O)c(S(=O)(=O)O)c1. The summed E-state index contributed by atoms with van der Waals surface area (Å²) in [5.74, 6) is -1.87. The van der Waals surface area contributed by atoms with Crippen LogP contribution in [0, 0.1) is 5.21 Å². The van der Waals surface area contributed by atoms with Gasteiger partial charge in [0.05, 0.1) is 33.3 Å². The molecule has 4 aromatic carbocycles. The van der Waals surface area contributed by atoms with Crippen molar-refractivity contribution in [3.8, 4) is 11.5 Å². The molecule has 0 radical (unpaired) electrons. The van der Waals surface area contributed by atoms with E-state index in [1.54, 1.807) is 0 Å². The van der Waals surface area contributed by atoms with E-state index in [1.807, 2.05) is 0 Å². The van der Waals surface area contributed by atoms with Crippen molar-refractivity contribution in [3.05, 3.63) is 122 Å². The van der Waals surface area contributed by atoms with Gasteiger partial charge in [-0.1, -0.05) is 51.5 Å². The number of hydrogen-bond acceptors (Lipinski definition) is 10. The van der Waals surface area contributed by atoms with Crippen LogP contribution in [0.3, 0.4) is 0 Å². The van der Waals surface area contributed by atoms with E-state index in [-0.39, 0.29) is 22.5 Å². The minimum absolute atomic E-state index is 0.0419. The molecule has 242 valence electrons. The highest BCUT2D eigenvalue weighted by atomic mass is 32.2. The van der Waals surface area contributed by atoms with Crippen LogP contribution < -0.4 is 9.47 Å². The largest absolute Gasteiger partial charge is 0.594 e. The van der Waals surface area contributed by atoms with Gasteiger partial charge in [-0.15, -0.1) is 0 Å². The van der Waals surface area contributed by atoms with Crippen LogP contribution in [0.1, 0.15) is 30.3 Å². The summed E-state index contributed by atoms with van der Waals surface area (Å²) < 4.78 is 179. The van der Waals surface area contributed by atoms with Crippen molar-refractivity contribution in [1.29, 1.82) is 0 Å². The van der Waals surface area contributed by atoms with Gasteiger partial charge in [0.1, 0.15) is 27.0 Å². The maximum Gasteiger partial charge on any atom is 0.295 e. The summed E-state index contributed by atoms with van der Waals surface area (Å²) in [7, 11) is -15.6. The lowest BCUT2D eigenvalue weighted by atomic mass is 10.1.